The third-order valence-electron chi connectivity index (χ3n) is 5.08. The Bertz CT molecular complexity index is 1030. The number of nitrogens with zero attached hydrogens (tertiary/aromatic N) is 2. The molecular formula is C22H20FN3OS. The van der Waals surface area contributed by atoms with Gasteiger partial charge in [0.15, 0.2) is 5.78 Å². The molecule has 1 aliphatic heterocycles. The van der Waals surface area contributed by atoms with Gasteiger partial charge in [-0.2, -0.15) is 0 Å². The molecule has 2 unspecified atom stereocenters. The number of thiophene rings is 1. The molecule has 2 heterocycles. The summed E-state index contributed by atoms with van der Waals surface area (Å²) in [6, 6.07) is 16.9. The Balaban J connectivity index is 1.78. The number of rotatable bonds is 4. The number of carbonyl (C=O) groups excluding carboxylic acids is 1. The molecule has 0 amide bonds. The number of benzene rings is 2. The molecule has 0 saturated heterocycles. The van der Waals surface area contributed by atoms with Crippen LogP contribution in [0.5, 0.6) is 0 Å². The Morgan fingerprint density at radius 2 is 1.86 bits per heavy atom. The van der Waals surface area contributed by atoms with E-state index in [4.69, 9.17) is 10.7 Å². The van der Waals surface area contributed by atoms with E-state index in [2.05, 4.69) is 0 Å². The minimum Gasteiger partial charge on any atom is -0.367 e. The summed E-state index contributed by atoms with van der Waals surface area (Å²) in [6.07, 6.45) is 0. The lowest BCUT2D eigenvalue weighted by atomic mass is 9.99. The molecule has 3 aromatic rings. The third-order valence-corrected chi connectivity index (χ3v) is 5.97. The van der Waals surface area contributed by atoms with Gasteiger partial charge in [0.05, 0.1) is 29.2 Å². The van der Waals surface area contributed by atoms with Crippen molar-refractivity contribution in [2.75, 3.05) is 18.5 Å². The number of fused-ring (bicyclic) bond motifs is 1. The van der Waals surface area contributed by atoms with Crippen molar-refractivity contribution < 1.29 is 9.18 Å². The highest BCUT2D eigenvalue weighted by Crippen LogP contribution is 2.29. The van der Waals surface area contributed by atoms with Gasteiger partial charge in [0.1, 0.15) is 5.82 Å². The largest absolute Gasteiger partial charge is 0.367 e. The van der Waals surface area contributed by atoms with Gasteiger partial charge in [0.25, 0.3) is 0 Å². The smallest absolute Gasteiger partial charge is 0.191 e. The number of ketones is 1. The van der Waals surface area contributed by atoms with Gasteiger partial charge in [-0.05, 0) is 29.6 Å². The van der Waals surface area contributed by atoms with Crippen LogP contribution in [0.2, 0.25) is 0 Å². The van der Waals surface area contributed by atoms with E-state index in [-0.39, 0.29) is 17.6 Å². The van der Waals surface area contributed by atoms with Crippen molar-refractivity contribution in [1.82, 2.24) is 0 Å². The minimum atomic E-state index is -0.736. The molecule has 0 saturated carbocycles. The van der Waals surface area contributed by atoms with Crippen LogP contribution in [0, 0.1) is 5.82 Å². The van der Waals surface area contributed by atoms with E-state index in [0.29, 0.717) is 22.7 Å². The number of hydrogen-bond donors (Lipinski definition) is 1. The van der Waals surface area contributed by atoms with Crippen molar-refractivity contribution in [2.45, 2.75) is 12.1 Å². The standard InChI is InChI=1S/C22H20FN3OS/c1-26-17-10-5-3-8-15(17)21(14-7-2-4-9-16(14)23)25-13-18(26)20(24)22(27)19-11-6-12-28-19/h2-12,18,20H,13,24H2,1H3. The summed E-state index contributed by atoms with van der Waals surface area (Å²) in [5.41, 5.74) is 9.12. The van der Waals surface area contributed by atoms with E-state index in [1.165, 1.54) is 17.4 Å². The highest BCUT2D eigenvalue weighted by molar-refractivity contribution is 7.12. The number of anilines is 1. The maximum absolute atomic E-state index is 14.5. The zero-order valence-corrected chi connectivity index (χ0v) is 16.2. The van der Waals surface area contributed by atoms with Crippen LogP contribution in [0.3, 0.4) is 0 Å². The van der Waals surface area contributed by atoms with Crippen LogP contribution >= 0.6 is 11.3 Å². The molecule has 2 atom stereocenters. The normalized spacial score (nSPS) is 17.5. The van der Waals surface area contributed by atoms with Gasteiger partial charge < -0.3 is 10.6 Å². The van der Waals surface area contributed by atoms with Crippen molar-refractivity contribution in [3.63, 3.8) is 0 Å². The third kappa shape index (κ3) is 3.25. The Hall–Kier alpha value is -2.83. The predicted molar refractivity (Wildman–Crippen MR) is 112 cm³/mol. The molecule has 0 aliphatic carbocycles. The highest BCUT2D eigenvalue weighted by Gasteiger charge is 2.33. The SMILES string of the molecule is CN1c2ccccc2C(c2ccccc2F)=NCC1C(N)C(=O)c1cccs1. The maximum Gasteiger partial charge on any atom is 0.191 e. The average molecular weight is 393 g/mol. The first-order valence-corrected chi connectivity index (χ1v) is 9.91. The molecule has 0 radical (unpaired) electrons. The van der Waals surface area contributed by atoms with Crippen molar-refractivity contribution in [3.8, 4) is 0 Å². The molecule has 0 spiro atoms. The van der Waals surface area contributed by atoms with Gasteiger partial charge in [0.2, 0.25) is 0 Å². The zero-order valence-electron chi connectivity index (χ0n) is 15.4. The molecule has 1 aromatic heterocycles. The first-order valence-electron chi connectivity index (χ1n) is 9.03. The summed E-state index contributed by atoms with van der Waals surface area (Å²) in [6.45, 7) is 0.299. The van der Waals surface area contributed by atoms with Gasteiger partial charge in [0, 0.05) is 23.9 Å². The quantitative estimate of drug-likeness (QED) is 0.687. The zero-order chi connectivity index (χ0) is 19.7. The molecule has 142 valence electrons. The van der Waals surface area contributed by atoms with E-state index in [1.807, 2.05) is 47.7 Å². The summed E-state index contributed by atoms with van der Waals surface area (Å²) in [7, 11) is 1.91. The molecule has 2 N–H and O–H groups in total. The number of likely N-dealkylation sites (N-methyl/N-ethyl adjacent to an activating group) is 1. The number of hydrogen-bond acceptors (Lipinski definition) is 5. The topological polar surface area (TPSA) is 58.7 Å². The monoisotopic (exact) mass is 393 g/mol. The minimum absolute atomic E-state index is 0.103. The number of Topliss-reactive ketones (excluding diaryl/α,β-unsaturated/α-hetero) is 1. The van der Waals surface area contributed by atoms with Gasteiger partial charge in [-0.3, -0.25) is 9.79 Å². The van der Waals surface area contributed by atoms with E-state index < -0.39 is 6.04 Å². The molecule has 1 aliphatic rings. The van der Waals surface area contributed by atoms with Crippen molar-refractivity contribution in [3.05, 3.63) is 87.9 Å². The van der Waals surface area contributed by atoms with Gasteiger partial charge in [-0.15, -0.1) is 11.3 Å². The molecule has 0 bridgehead atoms. The molecule has 28 heavy (non-hydrogen) atoms. The molecule has 4 nitrogen and oxygen atoms in total. The Labute approximate surface area is 167 Å². The van der Waals surface area contributed by atoms with Gasteiger partial charge in [-0.1, -0.05) is 36.4 Å². The van der Waals surface area contributed by atoms with Crippen LogP contribution in [0.15, 0.2) is 71.0 Å². The van der Waals surface area contributed by atoms with Gasteiger partial charge in [-0.25, -0.2) is 4.39 Å². The molecule has 4 rings (SSSR count). The summed E-state index contributed by atoms with van der Waals surface area (Å²) in [5, 5.41) is 1.86. The van der Waals surface area contributed by atoms with Gasteiger partial charge >= 0.3 is 0 Å². The Morgan fingerprint density at radius 3 is 2.57 bits per heavy atom. The Kier molecular flexibility index (Phi) is 5.07. The lowest BCUT2D eigenvalue weighted by Crippen LogP contribution is -2.52. The second-order valence-electron chi connectivity index (χ2n) is 6.73. The lowest BCUT2D eigenvalue weighted by Gasteiger charge is -2.32. The van der Waals surface area contributed by atoms with Crippen LogP contribution in [-0.2, 0) is 0 Å². The Morgan fingerprint density at radius 1 is 1.14 bits per heavy atom. The van der Waals surface area contributed by atoms with E-state index in [1.54, 1.807) is 24.3 Å². The number of para-hydroxylation sites is 1. The van der Waals surface area contributed by atoms with Crippen molar-refractivity contribution in [2.24, 2.45) is 10.7 Å². The summed E-state index contributed by atoms with van der Waals surface area (Å²) >= 11 is 1.38. The van der Waals surface area contributed by atoms with Crippen molar-refractivity contribution >= 4 is 28.5 Å². The number of carbonyl (C=O) groups is 1. The average Bonchev–Trinajstić information content (AvgIpc) is 3.21. The first-order chi connectivity index (χ1) is 13.6. The van der Waals surface area contributed by atoms with Crippen LogP contribution in [0.1, 0.15) is 20.8 Å². The van der Waals surface area contributed by atoms with Crippen LogP contribution in [-0.4, -0.2) is 37.2 Å². The fourth-order valence-electron chi connectivity index (χ4n) is 3.55. The predicted octanol–water partition coefficient (Wildman–Crippen LogP) is 3.75. The number of aliphatic imine (C=N–C) groups is 1. The lowest BCUT2D eigenvalue weighted by molar-refractivity contribution is 0.0954. The molecule has 2 aromatic carbocycles. The fraction of sp³-hybridized carbons (Fsp3) is 0.182. The second kappa shape index (κ2) is 7.66. The summed E-state index contributed by atoms with van der Waals surface area (Å²) in [4.78, 5) is 20.2. The van der Waals surface area contributed by atoms with Crippen LogP contribution < -0.4 is 10.6 Å². The van der Waals surface area contributed by atoms with Crippen LogP contribution in [0.4, 0.5) is 10.1 Å². The molecular weight excluding hydrogens is 373 g/mol. The second-order valence-corrected chi connectivity index (χ2v) is 7.68. The van der Waals surface area contributed by atoms with E-state index in [0.717, 1.165) is 11.3 Å². The first kappa shape index (κ1) is 18.5. The number of benzodiazepines with no additional fused rings is 1. The molecule has 0 fully saturated rings. The highest BCUT2D eigenvalue weighted by atomic mass is 32.1. The van der Waals surface area contributed by atoms with E-state index in [9.17, 15) is 9.18 Å². The van der Waals surface area contributed by atoms with Crippen LogP contribution in [0.25, 0.3) is 0 Å². The summed E-state index contributed by atoms with van der Waals surface area (Å²) < 4.78 is 14.5. The summed E-state index contributed by atoms with van der Waals surface area (Å²) in [5.74, 6) is -0.426. The fourth-order valence-corrected chi connectivity index (χ4v) is 4.26. The number of halogens is 1. The molecule has 6 heteroatoms. The maximum atomic E-state index is 14.5. The number of nitrogens with two attached hydrogens (primary N) is 1. The van der Waals surface area contributed by atoms with Crippen molar-refractivity contribution in [1.29, 1.82) is 0 Å². The van der Waals surface area contributed by atoms with E-state index >= 15 is 0 Å².